The zero-order valence-corrected chi connectivity index (χ0v) is 19.4. The van der Waals surface area contributed by atoms with Gasteiger partial charge in [-0.2, -0.15) is 0 Å². The number of amides is 1. The Labute approximate surface area is 203 Å². The molecule has 1 fully saturated rings. The summed E-state index contributed by atoms with van der Waals surface area (Å²) in [5.74, 6) is -1.01. The molecule has 34 heavy (non-hydrogen) atoms. The molecule has 1 aliphatic heterocycles. The largest absolute Gasteiger partial charge is 0.507 e. The quantitative estimate of drug-likeness (QED) is 0.281. The Hall–Kier alpha value is -3.61. The van der Waals surface area contributed by atoms with E-state index >= 15 is 0 Å². The highest BCUT2D eigenvalue weighted by molar-refractivity contribution is 6.46. The number of hydrogen-bond acceptors (Lipinski definition) is 5. The average molecular weight is 478 g/mol. The van der Waals surface area contributed by atoms with Crippen molar-refractivity contribution in [1.29, 1.82) is 0 Å². The molecule has 0 aromatic heterocycles. The summed E-state index contributed by atoms with van der Waals surface area (Å²) < 4.78 is 11.0. The number of Topliss-reactive ketones (excluding diaryl/α,β-unsaturated/α-hetero) is 1. The van der Waals surface area contributed by atoms with E-state index in [0.717, 1.165) is 5.56 Å². The summed E-state index contributed by atoms with van der Waals surface area (Å²) in [5.41, 5.74) is 2.16. The lowest BCUT2D eigenvalue weighted by molar-refractivity contribution is -0.140. The van der Waals surface area contributed by atoms with E-state index in [9.17, 15) is 14.7 Å². The fraction of sp³-hybridized carbons (Fsp3) is 0.185. The van der Waals surface area contributed by atoms with Crippen LogP contribution in [0.4, 0.5) is 0 Å². The van der Waals surface area contributed by atoms with Gasteiger partial charge < -0.3 is 19.5 Å². The smallest absolute Gasteiger partial charge is 0.295 e. The Bertz CT molecular complexity index is 1190. The standard InChI is InChI=1S/C27H24ClNO5/c1-33-16-15-29-24(19-9-13-22(14-10-19)34-17-18-5-3-2-4-6-18)23(26(31)27(29)32)25(30)20-7-11-21(28)12-8-20/h2-14,24,30H,15-17H2,1H3/t24-/m1/s1. The van der Waals surface area contributed by atoms with Gasteiger partial charge in [0.25, 0.3) is 11.7 Å². The number of rotatable bonds is 8. The third-order valence-corrected chi connectivity index (χ3v) is 5.89. The van der Waals surface area contributed by atoms with E-state index < -0.39 is 17.7 Å². The number of carbonyl (C=O) groups excluding carboxylic acids is 2. The number of aliphatic hydroxyl groups is 1. The molecule has 174 valence electrons. The lowest BCUT2D eigenvalue weighted by atomic mass is 9.95. The summed E-state index contributed by atoms with van der Waals surface area (Å²) in [6.45, 7) is 0.876. The van der Waals surface area contributed by atoms with Crippen LogP contribution in [0.2, 0.25) is 5.02 Å². The molecule has 0 spiro atoms. The molecule has 1 saturated heterocycles. The maximum Gasteiger partial charge on any atom is 0.295 e. The summed E-state index contributed by atoms with van der Waals surface area (Å²) in [7, 11) is 1.53. The van der Waals surface area contributed by atoms with Gasteiger partial charge in [-0.25, -0.2) is 0 Å². The lowest BCUT2D eigenvalue weighted by Gasteiger charge is -2.25. The first-order valence-electron chi connectivity index (χ1n) is 10.8. The molecule has 0 aliphatic carbocycles. The molecule has 1 aliphatic rings. The molecular weight excluding hydrogens is 454 g/mol. The minimum Gasteiger partial charge on any atom is -0.507 e. The number of likely N-dealkylation sites (tertiary alicyclic amines) is 1. The van der Waals surface area contributed by atoms with Gasteiger partial charge in [0.15, 0.2) is 0 Å². The van der Waals surface area contributed by atoms with E-state index in [0.29, 0.717) is 28.5 Å². The van der Waals surface area contributed by atoms with Crippen molar-refractivity contribution in [3.8, 4) is 5.75 Å². The van der Waals surface area contributed by atoms with Crippen molar-refractivity contribution >= 4 is 29.1 Å². The molecular formula is C27H24ClNO5. The highest BCUT2D eigenvalue weighted by atomic mass is 35.5. The second-order valence-corrected chi connectivity index (χ2v) is 8.27. The van der Waals surface area contributed by atoms with Gasteiger partial charge in [-0.3, -0.25) is 9.59 Å². The highest BCUT2D eigenvalue weighted by Crippen LogP contribution is 2.39. The molecule has 1 atom stereocenters. The van der Waals surface area contributed by atoms with E-state index in [1.807, 2.05) is 30.3 Å². The predicted octanol–water partition coefficient (Wildman–Crippen LogP) is 4.99. The molecule has 0 saturated carbocycles. The maximum absolute atomic E-state index is 13.0. The highest BCUT2D eigenvalue weighted by Gasteiger charge is 2.45. The van der Waals surface area contributed by atoms with Gasteiger partial charge in [0.2, 0.25) is 0 Å². The fourth-order valence-electron chi connectivity index (χ4n) is 3.90. The number of halogens is 1. The van der Waals surface area contributed by atoms with E-state index in [2.05, 4.69) is 0 Å². The molecule has 6 nitrogen and oxygen atoms in total. The molecule has 3 aromatic carbocycles. The van der Waals surface area contributed by atoms with Crippen molar-refractivity contribution in [1.82, 2.24) is 4.90 Å². The Kier molecular flexibility index (Phi) is 7.30. The molecule has 1 heterocycles. The maximum atomic E-state index is 13.0. The number of methoxy groups -OCH3 is 1. The normalized spacial score (nSPS) is 17.2. The Morgan fingerprint density at radius 2 is 1.65 bits per heavy atom. The van der Waals surface area contributed by atoms with E-state index in [1.165, 1.54) is 12.0 Å². The third kappa shape index (κ3) is 4.98. The number of nitrogens with zero attached hydrogens (tertiary/aromatic N) is 1. The summed E-state index contributed by atoms with van der Waals surface area (Å²) in [6.07, 6.45) is 0. The van der Waals surface area contributed by atoms with Crippen molar-refractivity contribution in [2.24, 2.45) is 0 Å². The van der Waals surface area contributed by atoms with Crippen LogP contribution in [0.25, 0.3) is 5.76 Å². The van der Waals surface area contributed by atoms with Crippen LogP contribution in [0.1, 0.15) is 22.7 Å². The topological polar surface area (TPSA) is 76.1 Å². The van der Waals surface area contributed by atoms with Gasteiger partial charge in [0.1, 0.15) is 18.1 Å². The number of benzene rings is 3. The van der Waals surface area contributed by atoms with Gasteiger partial charge in [0, 0.05) is 24.2 Å². The molecule has 1 amide bonds. The molecule has 4 rings (SSSR count). The summed E-state index contributed by atoms with van der Waals surface area (Å²) in [5, 5.41) is 11.5. The zero-order valence-electron chi connectivity index (χ0n) is 18.6. The van der Waals surface area contributed by atoms with Crippen LogP contribution in [0.5, 0.6) is 5.75 Å². The Morgan fingerprint density at radius 3 is 2.29 bits per heavy atom. The van der Waals surface area contributed by atoms with Crippen LogP contribution in [0.15, 0.2) is 84.4 Å². The van der Waals surface area contributed by atoms with Crippen LogP contribution in [0.3, 0.4) is 0 Å². The monoisotopic (exact) mass is 477 g/mol. The van der Waals surface area contributed by atoms with Crippen LogP contribution in [-0.4, -0.2) is 42.0 Å². The lowest BCUT2D eigenvalue weighted by Crippen LogP contribution is -2.32. The van der Waals surface area contributed by atoms with Crippen LogP contribution in [-0.2, 0) is 20.9 Å². The average Bonchev–Trinajstić information content (AvgIpc) is 3.12. The molecule has 3 aromatic rings. The SMILES string of the molecule is COCCN1C(=O)C(=O)C(=C(O)c2ccc(Cl)cc2)[C@H]1c1ccc(OCc2ccccc2)cc1. The van der Waals surface area contributed by atoms with Crippen molar-refractivity contribution in [3.63, 3.8) is 0 Å². The third-order valence-electron chi connectivity index (χ3n) is 5.64. The number of carbonyl (C=O) groups is 2. The first kappa shape index (κ1) is 23.5. The fourth-order valence-corrected chi connectivity index (χ4v) is 4.02. The Balaban J connectivity index is 1.67. The summed E-state index contributed by atoms with van der Waals surface area (Å²) in [4.78, 5) is 27.2. The second-order valence-electron chi connectivity index (χ2n) is 7.84. The van der Waals surface area contributed by atoms with Crippen molar-refractivity contribution in [2.75, 3.05) is 20.3 Å². The molecule has 0 unspecified atom stereocenters. The van der Waals surface area contributed by atoms with Crippen LogP contribution < -0.4 is 4.74 Å². The van der Waals surface area contributed by atoms with Crippen LogP contribution >= 0.6 is 11.6 Å². The first-order chi connectivity index (χ1) is 16.5. The first-order valence-corrected chi connectivity index (χ1v) is 11.2. The molecule has 0 bridgehead atoms. The van der Waals surface area contributed by atoms with Gasteiger partial charge in [-0.1, -0.05) is 54.1 Å². The van der Waals surface area contributed by atoms with E-state index in [4.69, 9.17) is 21.1 Å². The van der Waals surface area contributed by atoms with Gasteiger partial charge in [-0.05, 0) is 47.5 Å². The summed E-state index contributed by atoms with van der Waals surface area (Å²) >= 11 is 5.96. The van der Waals surface area contributed by atoms with Crippen LogP contribution in [0, 0.1) is 0 Å². The number of aliphatic hydroxyl groups excluding tert-OH is 1. The molecule has 7 heteroatoms. The molecule has 1 N–H and O–H groups in total. The molecule has 0 radical (unpaired) electrons. The minimum atomic E-state index is -0.756. The minimum absolute atomic E-state index is 0.0291. The van der Waals surface area contributed by atoms with E-state index in [1.54, 1.807) is 48.5 Å². The van der Waals surface area contributed by atoms with Gasteiger partial charge in [-0.15, -0.1) is 0 Å². The predicted molar refractivity (Wildman–Crippen MR) is 130 cm³/mol. The van der Waals surface area contributed by atoms with Crippen molar-refractivity contribution in [3.05, 3.63) is 106 Å². The van der Waals surface area contributed by atoms with Gasteiger partial charge in [0.05, 0.1) is 18.2 Å². The second kappa shape index (κ2) is 10.5. The number of ether oxygens (including phenoxy) is 2. The number of hydrogen-bond donors (Lipinski definition) is 1. The Morgan fingerprint density at radius 1 is 0.971 bits per heavy atom. The van der Waals surface area contributed by atoms with Crippen molar-refractivity contribution in [2.45, 2.75) is 12.6 Å². The number of ketones is 1. The summed E-state index contributed by atoms with van der Waals surface area (Å²) in [6, 6.07) is 22.7. The van der Waals surface area contributed by atoms with Crippen molar-refractivity contribution < 1.29 is 24.2 Å². The zero-order chi connectivity index (χ0) is 24.1. The van der Waals surface area contributed by atoms with E-state index in [-0.39, 0.29) is 24.5 Å². The van der Waals surface area contributed by atoms with Gasteiger partial charge >= 0.3 is 0 Å².